The van der Waals surface area contributed by atoms with E-state index in [1.807, 2.05) is 0 Å². The van der Waals surface area contributed by atoms with E-state index >= 15 is 0 Å². The highest BCUT2D eigenvalue weighted by atomic mass is 19.1. The van der Waals surface area contributed by atoms with E-state index in [1.54, 1.807) is 24.5 Å². The van der Waals surface area contributed by atoms with Gasteiger partial charge < -0.3 is 9.42 Å². The lowest BCUT2D eigenvalue weighted by molar-refractivity contribution is 0.364. The SMILES string of the molecule is O=c1n(Cc2nc(-c3cccc(F)c3)no2)nc2c(N3CCCCCC3)nccn12. The Morgan fingerprint density at radius 1 is 1.13 bits per heavy atom. The zero-order valence-corrected chi connectivity index (χ0v) is 16.2. The van der Waals surface area contributed by atoms with Crippen LogP contribution in [0.4, 0.5) is 10.2 Å². The summed E-state index contributed by atoms with van der Waals surface area (Å²) in [5.74, 6) is 0.794. The molecule has 10 heteroatoms. The summed E-state index contributed by atoms with van der Waals surface area (Å²) >= 11 is 0. The van der Waals surface area contributed by atoms with Crippen molar-refractivity contribution >= 4 is 11.5 Å². The number of hydrogen-bond donors (Lipinski definition) is 0. The van der Waals surface area contributed by atoms with Crippen LogP contribution in [-0.4, -0.2) is 42.4 Å². The Bertz CT molecular complexity index is 1240. The van der Waals surface area contributed by atoms with Gasteiger partial charge in [-0.3, -0.25) is 0 Å². The maximum Gasteiger partial charge on any atom is 0.350 e. The Labute approximate surface area is 170 Å². The lowest BCUT2D eigenvalue weighted by atomic mass is 10.2. The van der Waals surface area contributed by atoms with Crippen LogP contribution in [0, 0.1) is 5.82 Å². The van der Waals surface area contributed by atoms with Crippen LogP contribution in [0.3, 0.4) is 0 Å². The number of aromatic nitrogens is 6. The molecular weight excluding hydrogens is 389 g/mol. The minimum atomic E-state index is -0.385. The second-order valence-electron chi connectivity index (χ2n) is 7.31. The van der Waals surface area contributed by atoms with Gasteiger partial charge in [0, 0.05) is 31.0 Å². The highest BCUT2D eigenvalue weighted by molar-refractivity contribution is 5.63. The van der Waals surface area contributed by atoms with E-state index in [0.717, 1.165) is 25.9 Å². The quantitative estimate of drug-likeness (QED) is 0.511. The highest BCUT2D eigenvalue weighted by Gasteiger charge is 2.19. The fourth-order valence-corrected chi connectivity index (χ4v) is 3.74. The van der Waals surface area contributed by atoms with Crippen molar-refractivity contribution in [1.29, 1.82) is 0 Å². The van der Waals surface area contributed by atoms with Gasteiger partial charge in [-0.05, 0) is 25.0 Å². The van der Waals surface area contributed by atoms with Gasteiger partial charge in [-0.25, -0.2) is 23.3 Å². The normalized spacial score (nSPS) is 14.9. The van der Waals surface area contributed by atoms with Crippen LogP contribution >= 0.6 is 0 Å². The molecule has 1 aliphatic rings. The number of benzene rings is 1. The minimum Gasteiger partial charge on any atom is -0.353 e. The van der Waals surface area contributed by atoms with Gasteiger partial charge in [-0.2, -0.15) is 4.98 Å². The molecule has 0 amide bonds. The van der Waals surface area contributed by atoms with E-state index in [-0.39, 0.29) is 29.8 Å². The first-order chi connectivity index (χ1) is 14.7. The van der Waals surface area contributed by atoms with Crippen LogP contribution in [0.25, 0.3) is 17.0 Å². The highest BCUT2D eigenvalue weighted by Crippen LogP contribution is 2.21. The number of fused-ring (bicyclic) bond motifs is 1. The first kappa shape index (κ1) is 18.5. The summed E-state index contributed by atoms with van der Waals surface area (Å²) in [6.45, 7) is 1.81. The second kappa shape index (κ2) is 7.69. The van der Waals surface area contributed by atoms with E-state index in [4.69, 9.17) is 4.52 Å². The molecule has 0 saturated carbocycles. The van der Waals surface area contributed by atoms with Crippen molar-refractivity contribution in [3.63, 3.8) is 0 Å². The van der Waals surface area contributed by atoms with Gasteiger partial charge in [-0.15, -0.1) is 5.10 Å². The third-order valence-corrected chi connectivity index (χ3v) is 5.22. The number of nitrogens with zero attached hydrogens (tertiary/aromatic N) is 7. The van der Waals surface area contributed by atoms with E-state index in [1.165, 1.54) is 34.1 Å². The Morgan fingerprint density at radius 3 is 2.77 bits per heavy atom. The molecular formula is C20H20FN7O2. The van der Waals surface area contributed by atoms with Crippen LogP contribution < -0.4 is 10.6 Å². The molecule has 0 radical (unpaired) electrons. The Kier molecular flexibility index (Phi) is 4.74. The molecule has 30 heavy (non-hydrogen) atoms. The molecule has 1 fully saturated rings. The minimum absolute atomic E-state index is 0.0161. The van der Waals surface area contributed by atoms with Crippen LogP contribution in [0.1, 0.15) is 31.6 Å². The van der Waals surface area contributed by atoms with Gasteiger partial charge in [0.2, 0.25) is 17.4 Å². The van der Waals surface area contributed by atoms with Crippen molar-refractivity contribution in [1.82, 2.24) is 29.3 Å². The predicted octanol–water partition coefficient (Wildman–Crippen LogP) is 2.51. The lowest BCUT2D eigenvalue weighted by Crippen LogP contribution is -2.26. The molecule has 154 valence electrons. The van der Waals surface area contributed by atoms with Crippen molar-refractivity contribution < 1.29 is 8.91 Å². The molecule has 5 rings (SSSR count). The monoisotopic (exact) mass is 409 g/mol. The molecule has 4 heterocycles. The lowest BCUT2D eigenvalue weighted by Gasteiger charge is -2.20. The molecule has 9 nitrogen and oxygen atoms in total. The Balaban J connectivity index is 1.46. The largest absolute Gasteiger partial charge is 0.353 e. The predicted molar refractivity (Wildman–Crippen MR) is 107 cm³/mol. The van der Waals surface area contributed by atoms with Gasteiger partial charge >= 0.3 is 5.69 Å². The average molecular weight is 409 g/mol. The number of halogens is 1. The number of hydrogen-bond acceptors (Lipinski definition) is 7. The molecule has 1 aromatic carbocycles. The van der Waals surface area contributed by atoms with E-state index in [0.29, 0.717) is 17.0 Å². The smallest absolute Gasteiger partial charge is 0.350 e. The van der Waals surface area contributed by atoms with Crippen LogP contribution in [0.5, 0.6) is 0 Å². The maximum absolute atomic E-state index is 13.4. The Morgan fingerprint density at radius 2 is 1.97 bits per heavy atom. The average Bonchev–Trinajstić information content (AvgIpc) is 3.23. The van der Waals surface area contributed by atoms with Crippen molar-refractivity contribution in [2.45, 2.75) is 32.2 Å². The van der Waals surface area contributed by atoms with E-state index in [2.05, 4.69) is 25.1 Å². The zero-order valence-electron chi connectivity index (χ0n) is 16.2. The summed E-state index contributed by atoms with van der Waals surface area (Å²) in [4.78, 5) is 23.8. The molecule has 3 aromatic heterocycles. The molecule has 0 bridgehead atoms. The van der Waals surface area contributed by atoms with Crippen molar-refractivity contribution in [2.24, 2.45) is 0 Å². The molecule has 4 aromatic rings. The van der Waals surface area contributed by atoms with Gasteiger partial charge in [0.1, 0.15) is 12.4 Å². The summed E-state index contributed by atoms with van der Waals surface area (Å²) in [7, 11) is 0. The Hall–Kier alpha value is -3.56. The standard InChI is InChI=1S/C20H20FN7O2/c21-15-7-5-6-14(12-15)17-23-16(30-25-17)13-28-20(29)27-11-8-22-18(19(27)24-28)26-9-3-1-2-4-10-26/h5-8,11-12H,1-4,9-10,13H2. The van der Waals surface area contributed by atoms with Crippen molar-refractivity contribution in [3.8, 4) is 11.4 Å². The van der Waals surface area contributed by atoms with E-state index in [9.17, 15) is 9.18 Å². The van der Waals surface area contributed by atoms with Gasteiger partial charge in [-0.1, -0.05) is 30.1 Å². The zero-order chi connectivity index (χ0) is 20.5. The fraction of sp³-hybridized carbons (Fsp3) is 0.350. The first-order valence-electron chi connectivity index (χ1n) is 9.97. The summed E-state index contributed by atoms with van der Waals surface area (Å²) in [6.07, 6.45) is 7.82. The third-order valence-electron chi connectivity index (χ3n) is 5.22. The first-order valence-corrected chi connectivity index (χ1v) is 9.97. The number of anilines is 1. The molecule has 0 aliphatic carbocycles. The van der Waals surface area contributed by atoms with E-state index < -0.39 is 0 Å². The number of rotatable bonds is 4. The maximum atomic E-state index is 13.4. The van der Waals surface area contributed by atoms with Crippen molar-refractivity contribution in [2.75, 3.05) is 18.0 Å². The fourth-order valence-electron chi connectivity index (χ4n) is 3.74. The molecule has 0 unspecified atom stereocenters. The summed E-state index contributed by atoms with van der Waals surface area (Å²) in [5.41, 5.74) is 0.697. The molecule has 0 atom stereocenters. The van der Waals surface area contributed by atoms with Crippen LogP contribution in [0.2, 0.25) is 0 Å². The van der Waals surface area contributed by atoms with Gasteiger partial charge in [0.05, 0.1) is 0 Å². The topological polar surface area (TPSA) is 94.3 Å². The van der Waals surface area contributed by atoms with Gasteiger partial charge in [0.25, 0.3) is 0 Å². The molecule has 1 aliphatic heterocycles. The molecule has 0 spiro atoms. The van der Waals surface area contributed by atoms with Crippen LogP contribution in [-0.2, 0) is 6.54 Å². The van der Waals surface area contributed by atoms with Gasteiger partial charge in [0.15, 0.2) is 5.82 Å². The summed E-state index contributed by atoms with van der Waals surface area (Å²) in [5, 5.41) is 8.37. The van der Waals surface area contributed by atoms with Crippen molar-refractivity contribution in [3.05, 3.63) is 58.9 Å². The van der Waals surface area contributed by atoms with Crippen LogP contribution in [0.15, 0.2) is 46.0 Å². The molecule has 1 saturated heterocycles. The third kappa shape index (κ3) is 3.44. The summed E-state index contributed by atoms with van der Waals surface area (Å²) in [6, 6.07) is 5.93. The second-order valence-corrected chi connectivity index (χ2v) is 7.31. The summed E-state index contributed by atoms with van der Waals surface area (Å²) < 4.78 is 21.5. The molecule has 0 N–H and O–H groups in total.